The van der Waals surface area contributed by atoms with Crippen LogP contribution in [0.1, 0.15) is 30.7 Å². The number of nitro groups is 1. The number of nitrogens with one attached hydrogen (secondary N) is 1. The molecule has 0 fully saturated rings. The smallest absolute Gasteiger partial charge is 0.311 e. The van der Waals surface area contributed by atoms with Crippen LogP contribution in [0.2, 0.25) is 0 Å². The van der Waals surface area contributed by atoms with Crippen molar-refractivity contribution in [2.75, 3.05) is 7.11 Å². The van der Waals surface area contributed by atoms with Gasteiger partial charge < -0.3 is 4.74 Å². The van der Waals surface area contributed by atoms with Gasteiger partial charge in [0.05, 0.1) is 46.8 Å². The fourth-order valence-electron chi connectivity index (χ4n) is 3.16. The molecule has 3 rings (SSSR count). The molecule has 1 heterocycles. The van der Waals surface area contributed by atoms with Gasteiger partial charge in [-0.05, 0) is 43.2 Å². The molecule has 0 aliphatic carbocycles. The molecule has 0 bridgehead atoms. The summed E-state index contributed by atoms with van der Waals surface area (Å²) < 4.78 is 5.98. The molecule has 3 aromatic rings. The van der Waals surface area contributed by atoms with Crippen molar-refractivity contribution in [1.29, 1.82) is 0 Å². The van der Waals surface area contributed by atoms with Crippen LogP contribution in [0.5, 0.6) is 0 Å². The van der Waals surface area contributed by atoms with Crippen LogP contribution >= 0.6 is 0 Å². The van der Waals surface area contributed by atoms with Gasteiger partial charge in [0.25, 0.3) is 11.2 Å². The number of carbonyl (C=O) groups is 1. The number of nitro benzene ring substituents is 1. The van der Waals surface area contributed by atoms with Crippen molar-refractivity contribution in [3.63, 3.8) is 0 Å². The SMILES string of the molecule is CCc1ccc(N=C(C)c2c(CC(=O)OC)[nH]n(-c3ccc([N+](=O)[O-])cc3)c2=O)cc1. The second-order valence-corrected chi connectivity index (χ2v) is 6.85. The summed E-state index contributed by atoms with van der Waals surface area (Å²) in [5, 5.41) is 13.8. The first-order chi connectivity index (χ1) is 14.8. The lowest BCUT2D eigenvalue weighted by atomic mass is 10.1. The number of aryl methyl sites for hydroxylation is 1. The lowest BCUT2D eigenvalue weighted by Gasteiger charge is -2.03. The van der Waals surface area contributed by atoms with E-state index in [1.807, 2.05) is 24.3 Å². The Morgan fingerprint density at radius 1 is 1.16 bits per heavy atom. The molecule has 1 aromatic heterocycles. The number of methoxy groups -OCH3 is 1. The zero-order valence-electron chi connectivity index (χ0n) is 17.4. The summed E-state index contributed by atoms with van der Waals surface area (Å²) in [4.78, 5) is 40.0. The first kappa shape index (κ1) is 21.7. The maximum Gasteiger partial charge on any atom is 0.311 e. The van der Waals surface area contributed by atoms with Crippen LogP contribution in [0.25, 0.3) is 5.69 Å². The number of esters is 1. The molecule has 1 N–H and O–H groups in total. The average Bonchev–Trinajstić information content (AvgIpc) is 3.09. The van der Waals surface area contributed by atoms with Gasteiger partial charge in [0.1, 0.15) is 0 Å². The number of hydrogen-bond donors (Lipinski definition) is 1. The summed E-state index contributed by atoms with van der Waals surface area (Å²) in [5.74, 6) is -0.515. The number of carbonyl (C=O) groups excluding carboxylic acids is 1. The molecule has 0 spiro atoms. The molecular formula is C22H22N4O5. The summed E-state index contributed by atoms with van der Waals surface area (Å²) in [6, 6.07) is 13.2. The number of aromatic amines is 1. The van der Waals surface area contributed by atoms with Crippen molar-refractivity contribution in [3.8, 4) is 5.69 Å². The Labute approximate surface area is 178 Å². The first-order valence-corrected chi connectivity index (χ1v) is 9.64. The van der Waals surface area contributed by atoms with Crippen molar-refractivity contribution in [3.05, 3.63) is 85.8 Å². The minimum atomic E-state index is -0.518. The van der Waals surface area contributed by atoms with E-state index in [9.17, 15) is 19.7 Å². The summed E-state index contributed by atoms with van der Waals surface area (Å²) in [5.41, 5.74) is 2.78. The zero-order chi connectivity index (χ0) is 22.5. The fraction of sp³-hybridized carbons (Fsp3) is 0.227. The van der Waals surface area contributed by atoms with E-state index in [4.69, 9.17) is 4.74 Å². The summed E-state index contributed by atoms with van der Waals surface area (Å²) in [6.45, 7) is 3.75. The van der Waals surface area contributed by atoms with E-state index >= 15 is 0 Å². The van der Waals surface area contributed by atoms with Gasteiger partial charge >= 0.3 is 5.97 Å². The van der Waals surface area contributed by atoms with Crippen molar-refractivity contribution in [2.24, 2.45) is 4.99 Å². The second kappa shape index (κ2) is 9.21. The third-order valence-corrected chi connectivity index (χ3v) is 4.84. The normalized spacial score (nSPS) is 11.4. The molecule has 31 heavy (non-hydrogen) atoms. The number of H-pyrrole nitrogens is 1. The van der Waals surface area contributed by atoms with E-state index in [2.05, 4.69) is 17.0 Å². The van der Waals surface area contributed by atoms with Gasteiger partial charge in [-0.1, -0.05) is 19.1 Å². The number of nitrogens with zero attached hydrogens (tertiary/aromatic N) is 3. The number of aromatic nitrogens is 2. The maximum absolute atomic E-state index is 13.2. The van der Waals surface area contributed by atoms with E-state index < -0.39 is 16.5 Å². The van der Waals surface area contributed by atoms with Gasteiger partial charge in [-0.25, -0.2) is 4.68 Å². The molecule has 160 valence electrons. The number of non-ortho nitro benzene ring substituents is 1. The fourth-order valence-corrected chi connectivity index (χ4v) is 3.16. The average molecular weight is 422 g/mol. The van der Waals surface area contributed by atoms with Crippen LogP contribution in [0.15, 0.2) is 58.3 Å². The summed E-state index contributed by atoms with van der Waals surface area (Å²) >= 11 is 0. The minimum Gasteiger partial charge on any atom is -0.469 e. The molecule has 0 aliphatic rings. The Morgan fingerprint density at radius 2 is 1.81 bits per heavy atom. The van der Waals surface area contributed by atoms with Crippen molar-refractivity contribution in [2.45, 2.75) is 26.7 Å². The molecule has 0 unspecified atom stereocenters. The van der Waals surface area contributed by atoms with Crippen LogP contribution in [-0.2, 0) is 22.4 Å². The van der Waals surface area contributed by atoms with Crippen molar-refractivity contribution >= 4 is 23.1 Å². The molecule has 0 amide bonds. The molecule has 0 radical (unpaired) electrons. The Morgan fingerprint density at radius 3 is 2.35 bits per heavy atom. The molecule has 0 saturated heterocycles. The van der Waals surface area contributed by atoms with Gasteiger partial charge in [0.2, 0.25) is 0 Å². The predicted molar refractivity (Wildman–Crippen MR) is 116 cm³/mol. The standard InChI is InChI=1S/C22H22N4O5/c1-4-15-5-7-16(8-6-15)23-14(2)21-19(13-20(27)31-3)24-25(22(21)28)17-9-11-18(12-10-17)26(29)30/h5-12,24H,4,13H2,1-3H3. The summed E-state index contributed by atoms with van der Waals surface area (Å²) in [6.07, 6.45) is 0.757. The topological polar surface area (TPSA) is 120 Å². The number of rotatable bonds is 7. The van der Waals surface area contributed by atoms with Gasteiger partial charge in [0, 0.05) is 12.1 Å². The monoisotopic (exact) mass is 422 g/mol. The highest BCUT2D eigenvalue weighted by molar-refractivity contribution is 6.01. The molecule has 9 nitrogen and oxygen atoms in total. The van der Waals surface area contributed by atoms with E-state index in [0.29, 0.717) is 22.8 Å². The largest absolute Gasteiger partial charge is 0.469 e. The van der Waals surface area contributed by atoms with Gasteiger partial charge in [-0.2, -0.15) is 0 Å². The third-order valence-electron chi connectivity index (χ3n) is 4.84. The van der Waals surface area contributed by atoms with Crippen LogP contribution < -0.4 is 5.56 Å². The van der Waals surface area contributed by atoms with Crippen LogP contribution in [0.4, 0.5) is 11.4 Å². The van der Waals surface area contributed by atoms with E-state index in [1.165, 1.54) is 41.6 Å². The second-order valence-electron chi connectivity index (χ2n) is 6.85. The van der Waals surface area contributed by atoms with Gasteiger partial charge in [-0.15, -0.1) is 0 Å². The lowest BCUT2D eigenvalue weighted by molar-refractivity contribution is -0.384. The molecule has 0 aliphatic heterocycles. The van der Waals surface area contributed by atoms with Gasteiger partial charge in [0.15, 0.2) is 0 Å². The Kier molecular flexibility index (Phi) is 6.44. The number of hydrogen-bond acceptors (Lipinski definition) is 6. The number of aliphatic imine (C=N–C) groups is 1. The Hall–Kier alpha value is -4.01. The molecule has 0 saturated carbocycles. The summed E-state index contributed by atoms with van der Waals surface area (Å²) in [7, 11) is 1.27. The van der Waals surface area contributed by atoms with Crippen molar-refractivity contribution in [1.82, 2.24) is 9.78 Å². The highest BCUT2D eigenvalue weighted by Gasteiger charge is 2.21. The Bertz CT molecular complexity index is 1190. The van der Waals surface area contributed by atoms with Crippen LogP contribution in [0.3, 0.4) is 0 Å². The lowest BCUT2D eigenvalue weighted by Crippen LogP contribution is -2.20. The van der Waals surface area contributed by atoms with Crippen LogP contribution in [-0.4, -0.2) is 33.5 Å². The predicted octanol–water partition coefficient (Wildman–Crippen LogP) is 3.49. The molecule has 2 aromatic carbocycles. The quantitative estimate of drug-likeness (QED) is 0.270. The van der Waals surface area contributed by atoms with E-state index in [1.54, 1.807) is 6.92 Å². The Balaban J connectivity index is 2.08. The first-order valence-electron chi connectivity index (χ1n) is 9.64. The third kappa shape index (κ3) is 4.77. The van der Waals surface area contributed by atoms with Crippen LogP contribution in [0, 0.1) is 10.1 Å². The number of ether oxygens (including phenoxy) is 1. The van der Waals surface area contributed by atoms with E-state index in [0.717, 1.165) is 6.42 Å². The molecule has 0 atom stereocenters. The highest BCUT2D eigenvalue weighted by Crippen LogP contribution is 2.18. The number of benzene rings is 2. The zero-order valence-corrected chi connectivity index (χ0v) is 17.4. The van der Waals surface area contributed by atoms with E-state index in [-0.39, 0.29) is 17.7 Å². The van der Waals surface area contributed by atoms with Gasteiger partial charge in [-0.3, -0.25) is 29.8 Å². The highest BCUT2D eigenvalue weighted by atomic mass is 16.6. The minimum absolute atomic E-state index is 0.0911. The molecule has 9 heteroatoms. The maximum atomic E-state index is 13.2. The van der Waals surface area contributed by atoms with Crippen molar-refractivity contribution < 1.29 is 14.5 Å². The molecular weight excluding hydrogens is 400 g/mol.